The Labute approximate surface area is 194 Å². The summed E-state index contributed by atoms with van der Waals surface area (Å²) >= 11 is 0. The quantitative estimate of drug-likeness (QED) is 0.568. The number of rotatable bonds is 5. The van der Waals surface area contributed by atoms with Crippen molar-refractivity contribution in [2.24, 2.45) is 0 Å². The molecule has 2 atom stereocenters. The van der Waals surface area contributed by atoms with Gasteiger partial charge >= 0.3 is 5.97 Å². The predicted octanol–water partition coefficient (Wildman–Crippen LogP) is 5.38. The van der Waals surface area contributed by atoms with Gasteiger partial charge in [0.1, 0.15) is 6.17 Å². The third-order valence-corrected chi connectivity index (χ3v) is 7.31. The molecule has 2 aromatic carbocycles. The summed E-state index contributed by atoms with van der Waals surface area (Å²) in [6, 6.07) is 13.8. The molecule has 1 saturated carbocycles. The Morgan fingerprint density at radius 1 is 1.12 bits per heavy atom. The van der Waals surface area contributed by atoms with Gasteiger partial charge in [-0.1, -0.05) is 37.1 Å². The van der Waals surface area contributed by atoms with E-state index in [1.54, 1.807) is 12.1 Å². The second-order valence-corrected chi connectivity index (χ2v) is 9.67. The highest BCUT2D eigenvalue weighted by Crippen LogP contribution is 2.48. The van der Waals surface area contributed by atoms with Crippen molar-refractivity contribution in [1.82, 2.24) is 9.47 Å². The summed E-state index contributed by atoms with van der Waals surface area (Å²) in [5.74, 6) is -1.09. The lowest BCUT2D eigenvalue weighted by atomic mass is 9.80. The number of para-hydroxylation sites is 1. The number of halogens is 1. The van der Waals surface area contributed by atoms with Gasteiger partial charge in [-0.2, -0.15) is 0 Å². The van der Waals surface area contributed by atoms with Gasteiger partial charge in [-0.05, 0) is 50.7 Å². The maximum Gasteiger partial charge on any atom is 0.335 e. The van der Waals surface area contributed by atoms with Crippen LogP contribution in [0, 0.1) is 0 Å². The summed E-state index contributed by atoms with van der Waals surface area (Å²) in [7, 11) is 4.16. The van der Waals surface area contributed by atoms with Gasteiger partial charge in [-0.15, -0.1) is 0 Å². The molecule has 2 heterocycles. The molecule has 0 spiro atoms. The monoisotopic (exact) mass is 449 g/mol. The van der Waals surface area contributed by atoms with E-state index in [9.17, 15) is 9.90 Å². The van der Waals surface area contributed by atoms with E-state index >= 15 is 4.39 Å². The Bertz CT molecular complexity index is 1190. The molecule has 33 heavy (non-hydrogen) atoms. The SMILES string of the molecule is CN(C)CCN1CCn2c(c(C3CCCC[C@@H]3F)c3ccc(C(=O)O)cc32)-c2ccccc21. The number of aromatic nitrogens is 1. The van der Waals surface area contributed by atoms with Gasteiger partial charge < -0.3 is 19.5 Å². The molecule has 1 aliphatic heterocycles. The molecule has 1 N–H and O–H groups in total. The average molecular weight is 450 g/mol. The summed E-state index contributed by atoms with van der Waals surface area (Å²) in [4.78, 5) is 16.4. The van der Waals surface area contributed by atoms with Crippen LogP contribution in [0.3, 0.4) is 0 Å². The Hall–Kier alpha value is -2.86. The number of hydrogen-bond donors (Lipinski definition) is 1. The van der Waals surface area contributed by atoms with E-state index in [2.05, 4.69) is 52.7 Å². The van der Waals surface area contributed by atoms with Gasteiger partial charge in [-0.3, -0.25) is 0 Å². The van der Waals surface area contributed by atoms with Crippen molar-refractivity contribution in [2.75, 3.05) is 38.6 Å². The maximum absolute atomic E-state index is 15.4. The lowest BCUT2D eigenvalue weighted by Gasteiger charge is -2.28. The molecule has 5 rings (SSSR count). The van der Waals surface area contributed by atoms with Gasteiger partial charge in [-0.25, -0.2) is 9.18 Å². The van der Waals surface area contributed by atoms with Crippen LogP contribution in [-0.4, -0.2) is 60.4 Å². The van der Waals surface area contributed by atoms with Crippen molar-refractivity contribution in [2.45, 2.75) is 44.3 Å². The number of hydrogen-bond acceptors (Lipinski definition) is 3. The molecule has 6 heteroatoms. The van der Waals surface area contributed by atoms with Crippen molar-refractivity contribution < 1.29 is 14.3 Å². The fourth-order valence-corrected chi connectivity index (χ4v) is 5.66. The van der Waals surface area contributed by atoms with Crippen LogP contribution >= 0.6 is 0 Å². The third kappa shape index (κ3) is 3.90. The fraction of sp³-hybridized carbons (Fsp3) is 0.444. The standard InChI is InChI=1S/C27H32FN3O2/c1-29(2)13-14-30-15-16-31-24-17-18(27(32)33)11-12-20(24)25(19-7-3-5-9-22(19)28)26(31)21-8-4-6-10-23(21)30/h4,6,8,10-12,17,19,22H,3,5,7,9,13-16H2,1-2H3,(H,32,33)/t19?,22-/m0/s1. The number of carboxylic acids is 1. The highest BCUT2D eigenvalue weighted by molar-refractivity contribution is 5.99. The first-order valence-electron chi connectivity index (χ1n) is 12.0. The molecule has 3 aromatic rings. The molecule has 0 saturated heterocycles. The zero-order valence-electron chi connectivity index (χ0n) is 19.4. The van der Waals surface area contributed by atoms with Gasteiger partial charge in [0.05, 0.1) is 11.3 Å². The van der Waals surface area contributed by atoms with E-state index in [0.29, 0.717) is 6.42 Å². The van der Waals surface area contributed by atoms with Crippen molar-refractivity contribution in [3.05, 3.63) is 53.6 Å². The van der Waals surface area contributed by atoms with Crippen molar-refractivity contribution in [3.63, 3.8) is 0 Å². The zero-order chi connectivity index (χ0) is 23.1. The summed E-state index contributed by atoms with van der Waals surface area (Å²) in [5, 5.41) is 10.6. The molecule has 1 fully saturated rings. The number of aromatic carboxylic acids is 1. The first-order chi connectivity index (χ1) is 16.0. The number of anilines is 1. The van der Waals surface area contributed by atoms with Crippen LogP contribution in [0.1, 0.15) is 47.5 Å². The third-order valence-electron chi connectivity index (χ3n) is 7.31. The van der Waals surface area contributed by atoms with Crippen molar-refractivity contribution >= 4 is 22.6 Å². The second-order valence-electron chi connectivity index (χ2n) is 9.67. The van der Waals surface area contributed by atoms with Crippen molar-refractivity contribution in [3.8, 4) is 11.3 Å². The minimum absolute atomic E-state index is 0.158. The smallest absolute Gasteiger partial charge is 0.335 e. The molecule has 0 amide bonds. The molecule has 5 nitrogen and oxygen atoms in total. The topological polar surface area (TPSA) is 48.7 Å². The highest BCUT2D eigenvalue weighted by Gasteiger charge is 2.34. The lowest BCUT2D eigenvalue weighted by molar-refractivity contribution is 0.0697. The number of carboxylic acid groups (broad SMARTS) is 1. The van der Waals surface area contributed by atoms with Gasteiger partial charge in [0.25, 0.3) is 0 Å². The molecule has 0 radical (unpaired) electrons. The first-order valence-corrected chi connectivity index (χ1v) is 12.0. The van der Waals surface area contributed by atoms with E-state index < -0.39 is 12.1 Å². The van der Waals surface area contributed by atoms with Crippen LogP contribution in [0.5, 0.6) is 0 Å². The fourth-order valence-electron chi connectivity index (χ4n) is 5.66. The molecule has 0 bridgehead atoms. The number of likely N-dealkylation sites (N-methyl/N-ethyl adjacent to an activating group) is 1. The summed E-state index contributed by atoms with van der Waals surface area (Å²) in [6.45, 7) is 3.40. The van der Waals surface area contributed by atoms with Crippen LogP contribution in [0.25, 0.3) is 22.2 Å². The normalized spacial score (nSPS) is 20.5. The minimum atomic E-state index is -0.934. The molecule has 1 aromatic heterocycles. The zero-order valence-corrected chi connectivity index (χ0v) is 19.4. The Kier molecular flexibility index (Phi) is 5.87. The van der Waals surface area contributed by atoms with Gasteiger partial charge in [0.2, 0.25) is 0 Å². The van der Waals surface area contributed by atoms with E-state index in [1.807, 2.05) is 6.07 Å². The number of benzene rings is 2. The Morgan fingerprint density at radius 2 is 1.91 bits per heavy atom. The number of fused-ring (bicyclic) bond motifs is 5. The molecular weight excluding hydrogens is 417 g/mol. The van der Waals surface area contributed by atoms with Gasteiger partial charge in [0.15, 0.2) is 0 Å². The van der Waals surface area contributed by atoms with E-state index in [1.165, 1.54) is 5.69 Å². The molecule has 174 valence electrons. The van der Waals surface area contributed by atoms with Crippen LogP contribution in [0.2, 0.25) is 0 Å². The molecule has 1 aliphatic carbocycles. The maximum atomic E-state index is 15.4. The summed E-state index contributed by atoms with van der Waals surface area (Å²) in [5.41, 5.74) is 5.61. The summed E-state index contributed by atoms with van der Waals surface area (Å²) < 4.78 is 17.6. The Balaban J connectivity index is 1.76. The van der Waals surface area contributed by atoms with Crippen LogP contribution in [0.15, 0.2) is 42.5 Å². The molecule has 1 unspecified atom stereocenters. The van der Waals surface area contributed by atoms with E-state index in [-0.39, 0.29) is 11.5 Å². The highest BCUT2D eigenvalue weighted by atomic mass is 19.1. The van der Waals surface area contributed by atoms with Crippen molar-refractivity contribution in [1.29, 1.82) is 0 Å². The molecule has 2 aliphatic rings. The second kappa shape index (κ2) is 8.82. The largest absolute Gasteiger partial charge is 0.478 e. The van der Waals surface area contributed by atoms with Gasteiger partial charge in [0, 0.05) is 54.3 Å². The number of nitrogens with zero attached hydrogens (tertiary/aromatic N) is 3. The lowest BCUT2D eigenvalue weighted by Crippen LogP contribution is -2.33. The number of carbonyl (C=O) groups is 1. The van der Waals surface area contributed by atoms with E-state index in [0.717, 1.165) is 73.2 Å². The minimum Gasteiger partial charge on any atom is -0.478 e. The molecular formula is C27H32FN3O2. The summed E-state index contributed by atoms with van der Waals surface area (Å²) in [6.07, 6.45) is 2.53. The van der Waals surface area contributed by atoms with Crippen LogP contribution in [-0.2, 0) is 6.54 Å². The number of alkyl halides is 1. The first kappa shape index (κ1) is 22.0. The predicted molar refractivity (Wildman–Crippen MR) is 131 cm³/mol. The van der Waals surface area contributed by atoms with Crippen LogP contribution in [0.4, 0.5) is 10.1 Å². The van der Waals surface area contributed by atoms with Crippen LogP contribution < -0.4 is 4.90 Å². The Morgan fingerprint density at radius 3 is 2.67 bits per heavy atom. The van der Waals surface area contributed by atoms with E-state index in [4.69, 9.17) is 0 Å². The average Bonchev–Trinajstić information content (AvgIpc) is 3.03.